The average molecular weight is 366 g/mol. The Morgan fingerprint density at radius 3 is 2.33 bits per heavy atom. The van der Waals surface area contributed by atoms with Gasteiger partial charge in [-0.25, -0.2) is 9.87 Å². The number of benzene rings is 2. The maximum absolute atomic E-state index is 14.2. The van der Waals surface area contributed by atoms with E-state index in [4.69, 9.17) is 5.21 Å². The molecule has 138 valence electrons. The normalized spacial score (nSPS) is 14.2. The highest BCUT2D eigenvalue weighted by Gasteiger charge is 2.26. The van der Waals surface area contributed by atoms with Crippen LogP contribution in [0.5, 0.6) is 0 Å². The molecule has 1 fully saturated rings. The zero-order valence-corrected chi connectivity index (χ0v) is 14.5. The molecule has 0 radical (unpaired) electrons. The molecule has 1 aliphatic carbocycles. The zero-order valence-electron chi connectivity index (χ0n) is 14.5. The fourth-order valence-corrected chi connectivity index (χ4v) is 2.52. The number of hydroxylamine groups is 1. The SMILES string of the molecule is O=C(/C=C/c1ccc(C=C(C(=O)NC2CC2)c2ccccc2F)cc1)NO. The monoisotopic (exact) mass is 366 g/mol. The van der Waals surface area contributed by atoms with Crippen LogP contribution in [0.3, 0.4) is 0 Å². The van der Waals surface area contributed by atoms with Gasteiger partial charge in [0.2, 0.25) is 0 Å². The van der Waals surface area contributed by atoms with Crippen LogP contribution in [0.4, 0.5) is 4.39 Å². The molecule has 3 N–H and O–H groups in total. The van der Waals surface area contributed by atoms with E-state index in [1.54, 1.807) is 48.5 Å². The number of carbonyl (C=O) groups is 2. The Morgan fingerprint density at radius 2 is 1.70 bits per heavy atom. The Bertz CT molecular complexity index is 900. The number of halogens is 1. The van der Waals surface area contributed by atoms with Crippen LogP contribution in [0.25, 0.3) is 17.7 Å². The zero-order chi connectivity index (χ0) is 19.2. The second kappa shape index (κ2) is 8.42. The molecule has 27 heavy (non-hydrogen) atoms. The van der Waals surface area contributed by atoms with Crippen molar-refractivity contribution in [3.8, 4) is 0 Å². The first-order valence-electron chi connectivity index (χ1n) is 8.56. The highest BCUT2D eigenvalue weighted by Crippen LogP contribution is 2.25. The van der Waals surface area contributed by atoms with Gasteiger partial charge >= 0.3 is 0 Å². The molecule has 0 unspecified atom stereocenters. The fourth-order valence-electron chi connectivity index (χ4n) is 2.52. The molecule has 2 aromatic carbocycles. The predicted octanol–water partition coefficient (Wildman–Crippen LogP) is 3.16. The number of carbonyl (C=O) groups excluding carboxylic acids is 2. The van der Waals surface area contributed by atoms with Gasteiger partial charge in [0, 0.05) is 17.7 Å². The van der Waals surface area contributed by atoms with E-state index < -0.39 is 11.7 Å². The van der Waals surface area contributed by atoms with E-state index in [2.05, 4.69) is 5.32 Å². The Balaban J connectivity index is 1.88. The van der Waals surface area contributed by atoms with E-state index in [-0.39, 0.29) is 23.1 Å². The predicted molar refractivity (Wildman–Crippen MR) is 101 cm³/mol. The molecule has 0 aromatic heterocycles. The van der Waals surface area contributed by atoms with Crippen molar-refractivity contribution in [3.05, 3.63) is 77.1 Å². The van der Waals surface area contributed by atoms with Gasteiger partial charge in [-0.15, -0.1) is 0 Å². The van der Waals surface area contributed by atoms with Crippen LogP contribution in [-0.2, 0) is 9.59 Å². The van der Waals surface area contributed by atoms with Gasteiger partial charge in [0.1, 0.15) is 5.82 Å². The Kier molecular flexibility index (Phi) is 5.78. The van der Waals surface area contributed by atoms with Gasteiger partial charge in [0.05, 0.1) is 5.57 Å². The lowest BCUT2D eigenvalue weighted by atomic mass is 10.0. The Hall–Kier alpha value is -3.25. The summed E-state index contributed by atoms with van der Waals surface area (Å²) >= 11 is 0. The van der Waals surface area contributed by atoms with Crippen molar-refractivity contribution in [1.29, 1.82) is 0 Å². The van der Waals surface area contributed by atoms with Crippen molar-refractivity contribution in [3.63, 3.8) is 0 Å². The first kappa shape index (κ1) is 18.5. The minimum Gasteiger partial charge on any atom is -0.349 e. The van der Waals surface area contributed by atoms with Crippen molar-refractivity contribution < 1.29 is 19.2 Å². The van der Waals surface area contributed by atoms with Crippen molar-refractivity contribution in [2.24, 2.45) is 0 Å². The first-order chi connectivity index (χ1) is 13.1. The lowest BCUT2D eigenvalue weighted by Gasteiger charge is -2.10. The molecule has 1 saturated carbocycles. The third kappa shape index (κ3) is 5.12. The van der Waals surface area contributed by atoms with E-state index >= 15 is 0 Å². The summed E-state index contributed by atoms with van der Waals surface area (Å²) in [7, 11) is 0. The number of nitrogens with one attached hydrogen (secondary N) is 2. The summed E-state index contributed by atoms with van der Waals surface area (Å²) in [6.07, 6.45) is 6.26. The van der Waals surface area contributed by atoms with Gasteiger partial charge < -0.3 is 5.32 Å². The van der Waals surface area contributed by atoms with Gasteiger partial charge in [-0.1, -0.05) is 42.5 Å². The van der Waals surface area contributed by atoms with Gasteiger partial charge in [-0.2, -0.15) is 0 Å². The molecule has 0 aliphatic heterocycles. The second-order valence-corrected chi connectivity index (χ2v) is 6.26. The largest absolute Gasteiger partial charge is 0.349 e. The Morgan fingerprint density at radius 1 is 1.04 bits per heavy atom. The quantitative estimate of drug-likeness (QED) is 0.318. The van der Waals surface area contributed by atoms with E-state index in [0.29, 0.717) is 0 Å². The topological polar surface area (TPSA) is 78.4 Å². The van der Waals surface area contributed by atoms with Crippen molar-refractivity contribution in [2.45, 2.75) is 18.9 Å². The molecule has 2 amide bonds. The minimum absolute atomic E-state index is 0.165. The molecule has 0 atom stereocenters. The molecular formula is C21H19FN2O3. The molecule has 1 aliphatic rings. The van der Waals surface area contributed by atoms with Crippen LogP contribution in [0.2, 0.25) is 0 Å². The molecule has 5 nitrogen and oxygen atoms in total. The lowest BCUT2D eigenvalue weighted by molar-refractivity contribution is -0.124. The molecule has 3 rings (SSSR count). The number of hydrogen-bond donors (Lipinski definition) is 3. The molecule has 0 saturated heterocycles. The second-order valence-electron chi connectivity index (χ2n) is 6.26. The van der Waals surface area contributed by atoms with Gasteiger partial charge in [-0.3, -0.25) is 14.8 Å². The van der Waals surface area contributed by atoms with Crippen LogP contribution < -0.4 is 10.8 Å². The highest BCUT2D eigenvalue weighted by atomic mass is 19.1. The van der Waals surface area contributed by atoms with Crippen LogP contribution >= 0.6 is 0 Å². The fraction of sp³-hybridized carbons (Fsp3) is 0.143. The Labute approximate surface area is 156 Å². The minimum atomic E-state index is -0.627. The van der Waals surface area contributed by atoms with Crippen LogP contribution in [0, 0.1) is 5.82 Å². The maximum Gasteiger partial charge on any atom is 0.267 e. The van der Waals surface area contributed by atoms with Crippen LogP contribution in [-0.4, -0.2) is 23.1 Å². The smallest absolute Gasteiger partial charge is 0.267 e. The summed E-state index contributed by atoms with van der Waals surface area (Å²) < 4.78 is 14.2. The van der Waals surface area contributed by atoms with E-state index in [0.717, 1.165) is 24.0 Å². The van der Waals surface area contributed by atoms with Crippen molar-refractivity contribution >= 4 is 29.5 Å². The summed E-state index contributed by atoms with van der Waals surface area (Å²) in [5, 5.41) is 11.4. The number of rotatable bonds is 6. The molecule has 0 spiro atoms. The van der Waals surface area contributed by atoms with E-state index in [9.17, 15) is 14.0 Å². The summed E-state index contributed by atoms with van der Waals surface area (Å²) in [6.45, 7) is 0. The van der Waals surface area contributed by atoms with Gasteiger partial charge in [0.15, 0.2) is 0 Å². The summed E-state index contributed by atoms with van der Waals surface area (Å²) in [5.74, 6) is -1.38. The lowest BCUT2D eigenvalue weighted by Crippen LogP contribution is -2.26. The molecule has 0 heterocycles. The summed E-state index contributed by atoms with van der Waals surface area (Å²) in [4.78, 5) is 23.6. The van der Waals surface area contributed by atoms with Crippen molar-refractivity contribution in [1.82, 2.24) is 10.8 Å². The summed E-state index contributed by atoms with van der Waals surface area (Å²) in [5.41, 5.74) is 3.50. The highest BCUT2D eigenvalue weighted by molar-refractivity contribution is 6.24. The number of amides is 2. The van der Waals surface area contributed by atoms with Gasteiger partial charge in [-0.05, 0) is 42.2 Å². The van der Waals surface area contributed by atoms with Crippen LogP contribution in [0.1, 0.15) is 29.5 Å². The van der Waals surface area contributed by atoms with E-state index in [1.165, 1.54) is 23.7 Å². The number of hydrogen-bond acceptors (Lipinski definition) is 3. The molecular weight excluding hydrogens is 347 g/mol. The third-order valence-corrected chi connectivity index (χ3v) is 4.11. The van der Waals surface area contributed by atoms with E-state index in [1.807, 2.05) is 0 Å². The third-order valence-electron chi connectivity index (χ3n) is 4.11. The average Bonchev–Trinajstić information content (AvgIpc) is 3.49. The molecule has 2 aromatic rings. The maximum atomic E-state index is 14.2. The van der Waals surface area contributed by atoms with Crippen molar-refractivity contribution in [2.75, 3.05) is 0 Å². The van der Waals surface area contributed by atoms with Gasteiger partial charge in [0.25, 0.3) is 11.8 Å². The molecule has 0 bridgehead atoms. The summed E-state index contributed by atoms with van der Waals surface area (Å²) in [6, 6.07) is 13.4. The van der Waals surface area contributed by atoms with Crippen LogP contribution in [0.15, 0.2) is 54.6 Å². The first-order valence-corrected chi connectivity index (χ1v) is 8.56. The molecule has 6 heteroatoms. The standard InChI is InChI=1S/C21H19FN2O3/c22-19-4-2-1-3-17(19)18(21(26)23-16-10-11-16)13-15-7-5-14(6-8-15)9-12-20(25)24-27/h1-9,12-13,16,27H,10-11H2,(H,23,26)(H,24,25)/b12-9+,18-13?.